The van der Waals surface area contributed by atoms with Crippen LogP contribution in [0.4, 0.5) is 16.5 Å². The van der Waals surface area contributed by atoms with Gasteiger partial charge in [-0.25, -0.2) is 4.98 Å². The highest BCUT2D eigenvalue weighted by atomic mass is 32.2. The Hall–Kier alpha value is -2.95. The number of amides is 1. The summed E-state index contributed by atoms with van der Waals surface area (Å²) in [6.45, 7) is 5.95. The average Bonchev–Trinajstić information content (AvgIpc) is 3.22. The van der Waals surface area contributed by atoms with Crippen LogP contribution in [0.5, 0.6) is 0 Å². The molecular weight excluding hydrogens is 488 g/mol. The molecule has 0 radical (unpaired) electrons. The van der Waals surface area contributed by atoms with Gasteiger partial charge in [0.15, 0.2) is 10.2 Å². The highest BCUT2D eigenvalue weighted by molar-refractivity contribution is 8.00. The highest BCUT2D eigenvalue weighted by Gasteiger charge is 2.17. The first-order chi connectivity index (χ1) is 16.3. The van der Waals surface area contributed by atoms with Gasteiger partial charge in [0, 0.05) is 21.7 Å². The lowest BCUT2D eigenvalue weighted by Crippen LogP contribution is -2.22. The molecule has 10 heteroatoms. The van der Waals surface area contributed by atoms with E-state index in [1.807, 2.05) is 62.4 Å². The van der Waals surface area contributed by atoms with Crippen LogP contribution in [0, 0.1) is 6.92 Å². The third kappa shape index (κ3) is 8.12. The number of carbonyl (C=O) groups is 2. The number of anilines is 3. The number of esters is 1. The zero-order valence-electron chi connectivity index (χ0n) is 19.1. The molecule has 3 aromatic rings. The van der Waals surface area contributed by atoms with Crippen LogP contribution in [-0.4, -0.2) is 33.8 Å². The molecule has 0 bridgehead atoms. The molecule has 0 saturated heterocycles. The van der Waals surface area contributed by atoms with Crippen molar-refractivity contribution in [3.63, 3.8) is 0 Å². The average molecular weight is 515 g/mol. The predicted octanol–water partition coefficient (Wildman–Crippen LogP) is 5.49. The van der Waals surface area contributed by atoms with Crippen LogP contribution < -0.4 is 16.0 Å². The van der Waals surface area contributed by atoms with Gasteiger partial charge in [0.1, 0.15) is 0 Å². The number of aromatic nitrogens is 1. The summed E-state index contributed by atoms with van der Waals surface area (Å²) in [6.07, 6.45) is 0.0882. The van der Waals surface area contributed by atoms with Crippen LogP contribution in [0.2, 0.25) is 0 Å². The lowest BCUT2D eigenvalue weighted by molar-refractivity contribution is -0.142. The van der Waals surface area contributed by atoms with E-state index in [2.05, 4.69) is 20.9 Å². The molecule has 1 amide bonds. The number of ether oxygens (including phenoxy) is 1. The maximum atomic E-state index is 12.6. The molecule has 1 atom stereocenters. The molecule has 2 aromatic carbocycles. The van der Waals surface area contributed by atoms with E-state index in [1.165, 1.54) is 28.7 Å². The Balaban J connectivity index is 1.52. The SMILES string of the molecule is CCOC(=O)Cc1csc(NC(=O)C(C)Sc2cccc(NC(=S)Nc3ccc(C)cc3)c2)n1. The van der Waals surface area contributed by atoms with Gasteiger partial charge in [-0.3, -0.25) is 9.59 Å². The minimum Gasteiger partial charge on any atom is -0.466 e. The van der Waals surface area contributed by atoms with Crippen LogP contribution in [0.25, 0.3) is 0 Å². The van der Waals surface area contributed by atoms with E-state index in [4.69, 9.17) is 17.0 Å². The third-order valence-electron chi connectivity index (χ3n) is 4.50. The summed E-state index contributed by atoms with van der Waals surface area (Å²) in [5.74, 6) is -0.506. The fraction of sp³-hybridized carbons (Fsp3) is 0.250. The van der Waals surface area contributed by atoms with Crippen LogP contribution in [0.3, 0.4) is 0 Å². The number of nitrogens with zero attached hydrogens (tertiary/aromatic N) is 1. The number of benzene rings is 2. The van der Waals surface area contributed by atoms with Crippen molar-refractivity contribution in [1.82, 2.24) is 4.98 Å². The fourth-order valence-corrected chi connectivity index (χ4v) is 4.72. The highest BCUT2D eigenvalue weighted by Crippen LogP contribution is 2.27. The minimum absolute atomic E-state index is 0.0882. The summed E-state index contributed by atoms with van der Waals surface area (Å²) in [5, 5.41) is 11.5. The van der Waals surface area contributed by atoms with Crippen molar-refractivity contribution >= 4 is 68.8 Å². The summed E-state index contributed by atoms with van der Waals surface area (Å²) < 4.78 is 4.93. The first-order valence-electron chi connectivity index (χ1n) is 10.6. The zero-order valence-corrected chi connectivity index (χ0v) is 21.5. The number of aryl methyl sites for hydroxylation is 1. The number of thiocarbonyl (C=S) groups is 1. The van der Waals surface area contributed by atoms with Gasteiger partial charge in [-0.05, 0) is 63.3 Å². The number of rotatable bonds is 9. The van der Waals surface area contributed by atoms with Crippen molar-refractivity contribution in [1.29, 1.82) is 0 Å². The number of nitrogens with one attached hydrogen (secondary N) is 3. The molecule has 0 aliphatic carbocycles. The molecule has 3 N–H and O–H groups in total. The second kappa shape index (κ2) is 12.5. The van der Waals surface area contributed by atoms with Crippen LogP contribution in [0.15, 0.2) is 58.8 Å². The van der Waals surface area contributed by atoms with Crippen molar-refractivity contribution < 1.29 is 14.3 Å². The van der Waals surface area contributed by atoms with Gasteiger partial charge < -0.3 is 20.7 Å². The molecule has 1 heterocycles. The van der Waals surface area contributed by atoms with Crippen molar-refractivity contribution in [2.45, 2.75) is 37.3 Å². The molecule has 178 valence electrons. The van der Waals surface area contributed by atoms with E-state index in [1.54, 1.807) is 12.3 Å². The quantitative estimate of drug-likeness (QED) is 0.196. The first kappa shape index (κ1) is 25.7. The van der Waals surface area contributed by atoms with Crippen molar-refractivity contribution in [3.05, 3.63) is 65.2 Å². The van der Waals surface area contributed by atoms with E-state index in [0.29, 0.717) is 22.5 Å². The van der Waals surface area contributed by atoms with E-state index >= 15 is 0 Å². The van der Waals surface area contributed by atoms with Gasteiger partial charge in [0.25, 0.3) is 0 Å². The summed E-state index contributed by atoms with van der Waals surface area (Å²) in [7, 11) is 0. The molecule has 0 spiro atoms. The number of thioether (sulfide) groups is 1. The summed E-state index contributed by atoms with van der Waals surface area (Å²) >= 11 is 8.12. The topological polar surface area (TPSA) is 92.3 Å². The number of hydrogen-bond acceptors (Lipinski definition) is 7. The van der Waals surface area contributed by atoms with Crippen LogP contribution in [-0.2, 0) is 20.7 Å². The predicted molar refractivity (Wildman–Crippen MR) is 144 cm³/mol. The van der Waals surface area contributed by atoms with Gasteiger partial charge in [0.2, 0.25) is 5.91 Å². The molecule has 0 aliphatic rings. The summed E-state index contributed by atoms with van der Waals surface area (Å²) in [4.78, 5) is 29.4. The molecule has 1 aromatic heterocycles. The Bertz CT molecular complexity index is 1150. The molecular formula is C24H26N4O3S3. The van der Waals surface area contributed by atoms with Crippen molar-refractivity contribution in [2.24, 2.45) is 0 Å². The van der Waals surface area contributed by atoms with E-state index in [-0.39, 0.29) is 23.5 Å². The monoisotopic (exact) mass is 514 g/mol. The Morgan fingerprint density at radius 1 is 1.12 bits per heavy atom. The third-order valence-corrected chi connectivity index (χ3v) is 6.60. The molecule has 34 heavy (non-hydrogen) atoms. The minimum atomic E-state index is -0.356. The van der Waals surface area contributed by atoms with E-state index in [9.17, 15) is 9.59 Å². The summed E-state index contributed by atoms with van der Waals surface area (Å²) in [6, 6.07) is 15.7. The van der Waals surface area contributed by atoms with Crippen molar-refractivity contribution in [3.8, 4) is 0 Å². The fourth-order valence-electron chi connectivity index (χ4n) is 2.85. The summed E-state index contributed by atoms with van der Waals surface area (Å²) in [5.41, 5.74) is 3.49. The number of carbonyl (C=O) groups excluding carboxylic acids is 2. The lowest BCUT2D eigenvalue weighted by Gasteiger charge is -2.13. The Morgan fingerprint density at radius 2 is 1.85 bits per heavy atom. The van der Waals surface area contributed by atoms with E-state index in [0.717, 1.165) is 16.3 Å². The van der Waals surface area contributed by atoms with Gasteiger partial charge in [-0.15, -0.1) is 23.1 Å². The molecule has 7 nitrogen and oxygen atoms in total. The Morgan fingerprint density at radius 3 is 2.59 bits per heavy atom. The van der Waals surface area contributed by atoms with Crippen LogP contribution in [0.1, 0.15) is 25.1 Å². The van der Waals surface area contributed by atoms with Gasteiger partial charge in [0.05, 0.1) is 24.0 Å². The maximum absolute atomic E-state index is 12.6. The Labute approximate surface area is 212 Å². The van der Waals surface area contributed by atoms with Gasteiger partial charge in [-0.1, -0.05) is 23.8 Å². The van der Waals surface area contributed by atoms with Crippen molar-refractivity contribution in [2.75, 3.05) is 22.6 Å². The second-order valence-corrected chi connectivity index (χ2v) is 10.0. The number of hydrogen-bond donors (Lipinski definition) is 3. The molecule has 1 unspecified atom stereocenters. The van der Waals surface area contributed by atoms with Gasteiger partial charge in [-0.2, -0.15) is 0 Å². The molecule has 3 rings (SSSR count). The van der Waals surface area contributed by atoms with Crippen LogP contribution >= 0.6 is 35.3 Å². The molecule has 0 fully saturated rings. The van der Waals surface area contributed by atoms with Gasteiger partial charge >= 0.3 is 5.97 Å². The molecule has 0 saturated carbocycles. The lowest BCUT2D eigenvalue weighted by atomic mass is 10.2. The standard InChI is InChI=1S/C24H26N4O3S3/c1-4-31-21(29)13-19-14-33-24(27-19)28-22(30)16(3)34-20-7-5-6-18(12-20)26-23(32)25-17-10-8-15(2)9-11-17/h5-12,14,16H,4,13H2,1-3H3,(H2,25,26,32)(H,27,28,30). The second-order valence-electron chi connectivity index (χ2n) is 7.35. The largest absolute Gasteiger partial charge is 0.466 e. The maximum Gasteiger partial charge on any atom is 0.311 e. The molecule has 0 aliphatic heterocycles. The normalized spacial score (nSPS) is 11.4. The Kier molecular flexibility index (Phi) is 9.43. The zero-order chi connectivity index (χ0) is 24.5. The van der Waals surface area contributed by atoms with E-state index < -0.39 is 0 Å². The first-order valence-corrected chi connectivity index (χ1v) is 12.8. The smallest absolute Gasteiger partial charge is 0.311 e. The number of thiazole rings is 1.